The second-order valence-corrected chi connectivity index (χ2v) is 3.73. The highest BCUT2D eigenvalue weighted by atomic mass is 16.5. The van der Waals surface area contributed by atoms with Gasteiger partial charge in [0, 0.05) is 0 Å². The lowest BCUT2D eigenvalue weighted by atomic mass is 9.95. The largest absolute Gasteiger partial charge is 0.469 e. The zero-order chi connectivity index (χ0) is 10.9. The first-order chi connectivity index (χ1) is 7.24. The number of hydrogen-bond donors (Lipinski definition) is 0. The van der Waals surface area contributed by atoms with E-state index >= 15 is 0 Å². The maximum atomic E-state index is 11.3. The van der Waals surface area contributed by atoms with Gasteiger partial charge in [-0.3, -0.25) is 4.79 Å². The molecule has 0 heterocycles. The molecule has 1 fully saturated rings. The molecule has 1 aromatic rings. The molecule has 0 spiro atoms. The number of nitrogens with zero attached hydrogens (tertiary/aromatic N) is 1. The molecule has 0 bridgehead atoms. The van der Waals surface area contributed by atoms with E-state index in [1.807, 2.05) is 30.3 Å². The molecule has 0 saturated heterocycles. The first-order valence-corrected chi connectivity index (χ1v) is 4.79. The Bertz CT molecular complexity index is 421. The highest BCUT2D eigenvalue weighted by molar-refractivity contribution is 5.80. The van der Waals surface area contributed by atoms with Gasteiger partial charge >= 0.3 is 5.97 Å². The normalized spacial score (nSPS) is 27.9. The van der Waals surface area contributed by atoms with Crippen molar-refractivity contribution in [1.29, 1.82) is 5.26 Å². The number of carbonyl (C=O) groups is 1. The van der Waals surface area contributed by atoms with E-state index in [0.29, 0.717) is 6.42 Å². The summed E-state index contributed by atoms with van der Waals surface area (Å²) in [6, 6.07) is 11.6. The number of esters is 1. The third-order valence-corrected chi connectivity index (χ3v) is 2.93. The van der Waals surface area contributed by atoms with Crippen molar-refractivity contribution in [2.24, 2.45) is 5.92 Å². The molecule has 1 saturated carbocycles. The molecule has 1 aliphatic carbocycles. The molecule has 0 amide bonds. The smallest absolute Gasteiger partial charge is 0.310 e. The minimum Gasteiger partial charge on any atom is -0.469 e. The molecule has 1 aromatic carbocycles. The van der Waals surface area contributed by atoms with E-state index in [1.165, 1.54) is 7.11 Å². The van der Waals surface area contributed by atoms with Gasteiger partial charge in [-0.05, 0) is 12.0 Å². The summed E-state index contributed by atoms with van der Waals surface area (Å²) in [5.41, 5.74) is 0.261. The van der Waals surface area contributed by atoms with Gasteiger partial charge in [-0.25, -0.2) is 0 Å². The molecule has 3 heteroatoms. The van der Waals surface area contributed by atoms with Crippen molar-refractivity contribution in [2.75, 3.05) is 7.11 Å². The van der Waals surface area contributed by atoms with Crippen LogP contribution in [0.25, 0.3) is 0 Å². The molecular formula is C12H11NO2. The summed E-state index contributed by atoms with van der Waals surface area (Å²) in [5, 5.41) is 9.17. The van der Waals surface area contributed by atoms with E-state index in [9.17, 15) is 4.79 Å². The van der Waals surface area contributed by atoms with Crippen LogP contribution in [0.3, 0.4) is 0 Å². The Kier molecular flexibility index (Phi) is 2.20. The molecule has 3 nitrogen and oxygen atoms in total. The van der Waals surface area contributed by atoms with Gasteiger partial charge in [0.15, 0.2) is 0 Å². The number of carbonyl (C=O) groups excluding carboxylic acids is 1. The Balaban J connectivity index is 2.29. The highest BCUT2D eigenvalue weighted by Crippen LogP contribution is 2.54. The predicted molar refractivity (Wildman–Crippen MR) is 53.9 cm³/mol. The van der Waals surface area contributed by atoms with Crippen molar-refractivity contribution in [1.82, 2.24) is 0 Å². The summed E-state index contributed by atoms with van der Waals surface area (Å²) in [4.78, 5) is 11.3. The van der Waals surface area contributed by atoms with Crippen molar-refractivity contribution in [3.05, 3.63) is 35.9 Å². The number of benzene rings is 1. The first kappa shape index (κ1) is 9.72. The lowest BCUT2D eigenvalue weighted by Crippen LogP contribution is -2.14. The van der Waals surface area contributed by atoms with Gasteiger partial charge in [0.1, 0.15) is 0 Å². The molecule has 1 aliphatic rings. The minimum absolute atomic E-state index is 0.291. The minimum atomic E-state index is -0.644. The Labute approximate surface area is 88.3 Å². The summed E-state index contributed by atoms with van der Waals surface area (Å²) < 4.78 is 4.66. The van der Waals surface area contributed by atoms with Crippen molar-refractivity contribution >= 4 is 5.97 Å². The van der Waals surface area contributed by atoms with E-state index in [-0.39, 0.29) is 11.9 Å². The molecule has 0 aliphatic heterocycles. The third kappa shape index (κ3) is 1.39. The maximum Gasteiger partial charge on any atom is 0.310 e. The molecule has 76 valence electrons. The number of nitriles is 1. The topological polar surface area (TPSA) is 50.1 Å². The van der Waals surface area contributed by atoms with Gasteiger partial charge in [-0.1, -0.05) is 30.3 Å². The third-order valence-electron chi connectivity index (χ3n) is 2.93. The fourth-order valence-electron chi connectivity index (χ4n) is 1.93. The second kappa shape index (κ2) is 3.39. The fourth-order valence-corrected chi connectivity index (χ4v) is 1.93. The van der Waals surface area contributed by atoms with Crippen LogP contribution in [-0.4, -0.2) is 13.1 Å². The van der Waals surface area contributed by atoms with Crippen LogP contribution < -0.4 is 0 Å². The Morgan fingerprint density at radius 1 is 1.53 bits per heavy atom. The summed E-state index contributed by atoms with van der Waals surface area (Å²) in [6.07, 6.45) is 0.570. The van der Waals surface area contributed by atoms with Crippen molar-refractivity contribution in [3.8, 4) is 6.07 Å². The molecule has 15 heavy (non-hydrogen) atoms. The van der Waals surface area contributed by atoms with E-state index in [0.717, 1.165) is 5.56 Å². The number of methoxy groups -OCH3 is 1. The van der Waals surface area contributed by atoms with Gasteiger partial charge in [-0.2, -0.15) is 5.26 Å². The molecule has 0 radical (unpaired) electrons. The van der Waals surface area contributed by atoms with E-state index < -0.39 is 5.41 Å². The maximum absolute atomic E-state index is 11.3. The van der Waals surface area contributed by atoms with Gasteiger partial charge in [0.25, 0.3) is 0 Å². The summed E-state index contributed by atoms with van der Waals surface area (Å²) in [6.45, 7) is 0. The lowest BCUT2D eigenvalue weighted by Gasteiger charge is -2.07. The standard InChI is InChI=1S/C12H11NO2/c1-15-11(14)10-7-12(10,8-13)9-5-3-2-4-6-9/h2-6,10H,7H2,1H3/t10-,12-/m1/s1. The van der Waals surface area contributed by atoms with Crippen LogP contribution >= 0.6 is 0 Å². The highest BCUT2D eigenvalue weighted by Gasteiger charge is 2.61. The van der Waals surface area contributed by atoms with Crippen LogP contribution in [-0.2, 0) is 14.9 Å². The van der Waals surface area contributed by atoms with Gasteiger partial charge in [0.05, 0.1) is 24.5 Å². The van der Waals surface area contributed by atoms with Crippen LogP contribution in [0, 0.1) is 17.2 Å². The van der Waals surface area contributed by atoms with Gasteiger partial charge in [0.2, 0.25) is 0 Å². The SMILES string of the molecule is COC(=O)[C@H]1C[C@@]1(C#N)c1ccccc1. The fraction of sp³-hybridized carbons (Fsp3) is 0.333. The zero-order valence-electron chi connectivity index (χ0n) is 8.43. The molecule has 2 atom stereocenters. The van der Waals surface area contributed by atoms with Crippen molar-refractivity contribution < 1.29 is 9.53 Å². The lowest BCUT2D eigenvalue weighted by molar-refractivity contribution is -0.142. The van der Waals surface area contributed by atoms with E-state index in [4.69, 9.17) is 5.26 Å². The van der Waals surface area contributed by atoms with Crippen LogP contribution in [0.4, 0.5) is 0 Å². The monoisotopic (exact) mass is 201 g/mol. The molecular weight excluding hydrogens is 190 g/mol. The van der Waals surface area contributed by atoms with Gasteiger partial charge < -0.3 is 4.74 Å². The van der Waals surface area contributed by atoms with Crippen LogP contribution in [0.2, 0.25) is 0 Å². The van der Waals surface area contributed by atoms with Crippen LogP contribution in [0.15, 0.2) is 30.3 Å². The second-order valence-electron chi connectivity index (χ2n) is 3.73. The zero-order valence-corrected chi connectivity index (χ0v) is 8.43. The van der Waals surface area contributed by atoms with E-state index in [2.05, 4.69) is 10.8 Å². The Hall–Kier alpha value is -1.82. The Morgan fingerprint density at radius 3 is 2.73 bits per heavy atom. The number of rotatable bonds is 2. The van der Waals surface area contributed by atoms with Crippen molar-refractivity contribution in [3.63, 3.8) is 0 Å². The average molecular weight is 201 g/mol. The summed E-state index contributed by atoms with van der Waals surface area (Å²) in [5.74, 6) is -0.588. The number of hydrogen-bond acceptors (Lipinski definition) is 3. The summed E-state index contributed by atoms with van der Waals surface area (Å²) >= 11 is 0. The molecule has 0 aromatic heterocycles. The predicted octanol–water partition coefficient (Wildman–Crippen LogP) is 1.64. The van der Waals surface area contributed by atoms with Crippen LogP contribution in [0.1, 0.15) is 12.0 Å². The molecule has 0 unspecified atom stereocenters. The van der Waals surface area contributed by atoms with Crippen molar-refractivity contribution in [2.45, 2.75) is 11.8 Å². The number of ether oxygens (including phenoxy) is 1. The summed E-state index contributed by atoms with van der Waals surface area (Å²) in [7, 11) is 1.35. The quantitative estimate of drug-likeness (QED) is 0.683. The molecule has 2 rings (SSSR count). The molecule has 0 N–H and O–H groups in total. The van der Waals surface area contributed by atoms with Gasteiger partial charge in [-0.15, -0.1) is 0 Å². The average Bonchev–Trinajstić information content (AvgIpc) is 3.05. The van der Waals surface area contributed by atoms with E-state index in [1.54, 1.807) is 0 Å². The van der Waals surface area contributed by atoms with Crippen LogP contribution in [0.5, 0.6) is 0 Å². The first-order valence-electron chi connectivity index (χ1n) is 4.79. The Morgan fingerprint density at radius 2 is 2.20 bits per heavy atom.